The Kier molecular flexibility index (Phi) is 8.52. The molecule has 0 heterocycles. The fourth-order valence-electron chi connectivity index (χ4n) is 1.05. The summed E-state index contributed by atoms with van der Waals surface area (Å²) in [4.78, 5) is 8.00. The molecule has 0 radical (unpaired) electrons. The molecule has 0 bridgehead atoms. The van der Waals surface area contributed by atoms with E-state index in [2.05, 4.69) is 38.1 Å². The third-order valence-corrected chi connectivity index (χ3v) is 2.09. The second kappa shape index (κ2) is 9.66. The van der Waals surface area contributed by atoms with Crippen LogP contribution in [-0.4, -0.2) is 6.79 Å². The smallest absolute Gasteiger partial charge is 0.106 e. The Hall–Kier alpha value is -1.89. The highest BCUT2D eigenvalue weighted by Gasteiger charge is 1.83. The first-order valence-corrected chi connectivity index (χ1v) is 5.12. The molecule has 0 amide bonds. The molecular weight excluding hydrogens is 196 g/mol. The van der Waals surface area contributed by atoms with Crippen LogP contribution in [0, 0.1) is 13.8 Å². The maximum atomic E-state index is 8.00. The Morgan fingerprint density at radius 2 is 0.875 bits per heavy atom. The maximum absolute atomic E-state index is 8.00. The molecule has 84 valence electrons. The van der Waals surface area contributed by atoms with Gasteiger partial charge in [0.05, 0.1) is 0 Å². The molecule has 0 aliphatic rings. The van der Waals surface area contributed by atoms with Gasteiger partial charge in [-0.05, 0) is 25.0 Å². The van der Waals surface area contributed by atoms with Gasteiger partial charge in [0.15, 0.2) is 0 Å². The molecule has 0 spiro atoms. The van der Waals surface area contributed by atoms with Gasteiger partial charge in [-0.25, -0.2) is 0 Å². The van der Waals surface area contributed by atoms with Gasteiger partial charge in [0.2, 0.25) is 0 Å². The highest BCUT2D eigenvalue weighted by Crippen LogP contribution is 2.02. The van der Waals surface area contributed by atoms with Gasteiger partial charge < -0.3 is 4.79 Å². The van der Waals surface area contributed by atoms with Crippen molar-refractivity contribution in [3.63, 3.8) is 0 Å². The van der Waals surface area contributed by atoms with Crippen LogP contribution in [0.25, 0.3) is 0 Å². The normalized spacial score (nSPS) is 7.88. The molecule has 2 aromatic rings. The van der Waals surface area contributed by atoms with Gasteiger partial charge in [0.1, 0.15) is 6.79 Å². The molecule has 0 saturated heterocycles. The number of hydrogen-bond donors (Lipinski definition) is 0. The van der Waals surface area contributed by atoms with Crippen LogP contribution in [0.3, 0.4) is 0 Å². The summed E-state index contributed by atoms with van der Waals surface area (Å²) in [6.45, 7) is 6.24. The first kappa shape index (κ1) is 14.1. The summed E-state index contributed by atoms with van der Waals surface area (Å²) in [7, 11) is 0. The second-order valence-electron chi connectivity index (χ2n) is 3.24. The van der Waals surface area contributed by atoms with Crippen molar-refractivity contribution in [2.45, 2.75) is 13.8 Å². The minimum Gasteiger partial charge on any atom is -0.307 e. The van der Waals surface area contributed by atoms with E-state index in [1.807, 2.05) is 43.2 Å². The van der Waals surface area contributed by atoms with Gasteiger partial charge in [0.25, 0.3) is 0 Å². The lowest BCUT2D eigenvalue weighted by Crippen LogP contribution is -1.74. The summed E-state index contributed by atoms with van der Waals surface area (Å²) in [5, 5.41) is 0. The Morgan fingerprint density at radius 3 is 1.06 bits per heavy atom. The lowest BCUT2D eigenvalue weighted by Gasteiger charge is -1.93. The number of carbonyl (C=O) groups is 1. The molecule has 1 heteroatoms. The van der Waals surface area contributed by atoms with E-state index < -0.39 is 0 Å². The van der Waals surface area contributed by atoms with Crippen molar-refractivity contribution in [3.05, 3.63) is 71.8 Å². The molecule has 16 heavy (non-hydrogen) atoms. The minimum absolute atomic E-state index is 1.37. The van der Waals surface area contributed by atoms with Crippen LogP contribution in [0.15, 0.2) is 60.7 Å². The highest BCUT2D eigenvalue weighted by atomic mass is 16.1. The van der Waals surface area contributed by atoms with Gasteiger partial charge in [0, 0.05) is 0 Å². The van der Waals surface area contributed by atoms with Gasteiger partial charge >= 0.3 is 0 Å². The van der Waals surface area contributed by atoms with E-state index in [0.29, 0.717) is 0 Å². The van der Waals surface area contributed by atoms with Gasteiger partial charge in [-0.1, -0.05) is 60.7 Å². The van der Waals surface area contributed by atoms with Gasteiger partial charge in [-0.15, -0.1) is 0 Å². The Morgan fingerprint density at radius 1 is 0.625 bits per heavy atom. The van der Waals surface area contributed by atoms with Crippen LogP contribution in [0.4, 0.5) is 0 Å². The number of hydrogen-bond acceptors (Lipinski definition) is 1. The lowest BCUT2D eigenvalue weighted by atomic mass is 10.1. The number of carbonyl (C=O) groups excluding carboxylic acids is 1. The Balaban J connectivity index is 0.000000251. The monoisotopic (exact) mass is 214 g/mol. The van der Waals surface area contributed by atoms with Crippen molar-refractivity contribution in [3.8, 4) is 0 Å². The molecule has 0 atom stereocenters. The van der Waals surface area contributed by atoms with Crippen molar-refractivity contribution in [2.75, 3.05) is 0 Å². The molecule has 0 aliphatic carbocycles. The molecule has 0 unspecified atom stereocenters. The Labute approximate surface area is 97.8 Å². The molecule has 0 aromatic heterocycles. The van der Waals surface area contributed by atoms with E-state index in [1.54, 1.807) is 0 Å². The molecule has 2 rings (SSSR count). The van der Waals surface area contributed by atoms with E-state index in [9.17, 15) is 0 Å². The van der Waals surface area contributed by atoms with Crippen molar-refractivity contribution in [2.24, 2.45) is 0 Å². The third kappa shape index (κ3) is 6.55. The van der Waals surface area contributed by atoms with Crippen molar-refractivity contribution in [1.29, 1.82) is 0 Å². The molecule has 0 fully saturated rings. The first-order valence-electron chi connectivity index (χ1n) is 5.12. The van der Waals surface area contributed by atoms with E-state index in [0.717, 1.165) is 0 Å². The first-order chi connectivity index (χ1) is 7.80. The largest absolute Gasteiger partial charge is 0.307 e. The summed E-state index contributed by atoms with van der Waals surface area (Å²) in [5.41, 5.74) is 2.74. The predicted molar refractivity (Wildman–Crippen MR) is 69.5 cm³/mol. The molecule has 0 saturated carbocycles. The fraction of sp³-hybridized carbons (Fsp3) is 0.133. The minimum atomic E-state index is 1.37. The predicted octanol–water partition coefficient (Wildman–Crippen LogP) is 3.81. The molecular formula is C15H18O. The zero-order valence-electron chi connectivity index (χ0n) is 9.89. The summed E-state index contributed by atoms with van der Waals surface area (Å²) >= 11 is 0. The van der Waals surface area contributed by atoms with Crippen LogP contribution in [-0.2, 0) is 4.79 Å². The van der Waals surface area contributed by atoms with E-state index in [-0.39, 0.29) is 0 Å². The average molecular weight is 214 g/mol. The van der Waals surface area contributed by atoms with Gasteiger partial charge in [-0.3, -0.25) is 0 Å². The molecule has 2 aromatic carbocycles. The number of benzene rings is 2. The van der Waals surface area contributed by atoms with Crippen molar-refractivity contribution < 1.29 is 4.79 Å². The highest BCUT2D eigenvalue weighted by molar-refractivity contribution is 5.23. The zero-order valence-corrected chi connectivity index (χ0v) is 9.89. The van der Waals surface area contributed by atoms with Crippen LogP contribution < -0.4 is 0 Å². The summed E-state index contributed by atoms with van der Waals surface area (Å²) < 4.78 is 0. The van der Waals surface area contributed by atoms with E-state index >= 15 is 0 Å². The van der Waals surface area contributed by atoms with E-state index in [4.69, 9.17) is 4.79 Å². The zero-order chi connectivity index (χ0) is 12.2. The van der Waals surface area contributed by atoms with Crippen LogP contribution in [0.1, 0.15) is 11.1 Å². The lowest BCUT2D eigenvalue weighted by molar-refractivity contribution is -0.0979. The van der Waals surface area contributed by atoms with Crippen molar-refractivity contribution >= 4 is 6.79 Å². The number of aryl methyl sites for hydroxylation is 2. The molecule has 0 aliphatic heterocycles. The van der Waals surface area contributed by atoms with Crippen molar-refractivity contribution in [1.82, 2.24) is 0 Å². The quantitative estimate of drug-likeness (QED) is 0.651. The summed E-state index contributed by atoms with van der Waals surface area (Å²) in [6.07, 6.45) is 0. The number of rotatable bonds is 0. The van der Waals surface area contributed by atoms with E-state index in [1.165, 1.54) is 11.1 Å². The fourth-order valence-corrected chi connectivity index (χ4v) is 1.05. The topological polar surface area (TPSA) is 17.1 Å². The molecule has 0 N–H and O–H groups in total. The summed E-state index contributed by atoms with van der Waals surface area (Å²) in [6, 6.07) is 20.4. The third-order valence-electron chi connectivity index (χ3n) is 2.09. The summed E-state index contributed by atoms with van der Waals surface area (Å²) in [5.74, 6) is 0. The second-order valence-corrected chi connectivity index (χ2v) is 3.24. The van der Waals surface area contributed by atoms with Crippen LogP contribution in [0.5, 0.6) is 0 Å². The molecule has 1 nitrogen and oxygen atoms in total. The Bertz CT molecular complexity index is 320. The van der Waals surface area contributed by atoms with Crippen LogP contribution in [0.2, 0.25) is 0 Å². The average Bonchev–Trinajstić information content (AvgIpc) is 2.38. The SMILES string of the molecule is C=O.Cc1ccccc1C.c1ccccc1. The standard InChI is InChI=1S/C8H10.C6H6.CH2O/c1-7-5-3-4-6-8(7)2;1-2-4-6-5-3-1;1-2/h3-6H,1-2H3;1-6H;1H2. The van der Waals surface area contributed by atoms with Gasteiger partial charge in [-0.2, -0.15) is 0 Å². The van der Waals surface area contributed by atoms with Crippen LogP contribution >= 0.6 is 0 Å². The maximum Gasteiger partial charge on any atom is 0.106 e.